The molecule has 0 aliphatic heterocycles. The monoisotopic (exact) mass is 297 g/mol. The van der Waals surface area contributed by atoms with Gasteiger partial charge in [-0.3, -0.25) is 4.79 Å². The minimum atomic E-state index is -0.419. The Morgan fingerprint density at radius 1 is 1.14 bits per heavy atom. The quantitative estimate of drug-likeness (QED) is 0.730. The number of hydrogen-bond acceptors (Lipinski definition) is 6. The molecule has 6 nitrogen and oxygen atoms in total. The van der Waals surface area contributed by atoms with Crippen LogP contribution >= 0.6 is 0 Å². The number of methoxy groups -OCH3 is 3. The van der Waals surface area contributed by atoms with Crippen molar-refractivity contribution in [3.8, 4) is 17.2 Å². The van der Waals surface area contributed by atoms with Crippen molar-refractivity contribution in [3.63, 3.8) is 0 Å². The third-order valence-electron chi connectivity index (χ3n) is 3.16. The molecular formula is C15H23NO5. The molecule has 6 heteroatoms. The second kappa shape index (κ2) is 8.36. The lowest BCUT2D eigenvalue weighted by Crippen LogP contribution is -2.27. The summed E-state index contributed by atoms with van der Waals surface area (Å²) in [6, 6.07) is 3.61. The molecule has 0 heterocycles. The smallest absolute Gasteiger partial charge is 0.310 e. The molecule has 1 atom stereocenters. The molecule has 0 fully saturated rings. The van der Waals surface area contributed by atoms with Crippen molar-refractivity contribution in [2.45, 2.75) is 13.3 Å². The van der Waals surface area contributed by atoms with E-state index in [9.17, 15) is 4.79 Å². The van der Waals surface area contributed by atoms with Crippen LogP contribution in [0.15, 0.2) is 12.1 Å². The molecule has 0 aliphatic rings. The molecule has 0 saturated heterocycles. The third-order valence-corrected chi connectivity index (χ3v) is 3.16. The van der Waals surface area contributed by atoms with Gasteiger partial charge in [0.15, 0.2) is 11.5 Å². The molecular weight excluding hydrogens is 274 g/mol. The van der Waals surface area contributed by atoms with Gasteiger partial charge in [0.05, 0.1) is 33.9 Å². The van der Waals surface area contributed by atoms with Gasteiger partial charge in [0.25, 0.3) is 0 Å². The van der Waals surface area contributed by atoms with E-state index < -0.39 is 5.92 Å². The molecule has 1 unspecified atom stereocenters. The topological polar surface area (TPSA) is 80.0 Å². The highest BCUT2D eigenvalue weighted by Gasteiger charge is 2.23. The summed E-state index contributed by atoms with van der Waals surface area (Å²) in [7, 11) is 4.64. The van der Waals surface area contributed by atoms with Crippen LogP contribution in [-0.4, -0.2) is 40.5 Å². The maximum Gasteiger partial charge on any atom is 0.310 e. The Labute approximate surface area is 125 Å². The molecule has 1 aromatic carbocycles. The van der Waals surface area contributed by atoms with Crippen LogP contribution in [0, 0.1) is 5.92 Å². The summed E-state index contributed by atoms with van der Waals surface area (Å²) in [5.74, 6) is 0.879. The van der Waals surface area contributed by atoms with Crippen LogP contribution in [0.3, 0.4) is 0 Å². The van der Waals surface area contributed by atoms with Crippen molar-refractivity contribution >= 4 is 5.97 Å². The summed E-state index contributed by atoms with van der Waals surface area (Å²) in [5, 5.41) is 0. The molecule has 1 aromatic rings. The summed E-state index contributed by atoms with van der Waals surface area (Å²) in [5.41, 5.74) is 6.49. The summed E-state index contributed by atoms with van der Waals surface area (Å²) >= 11 is 0. The van der Waals surface area contributed by atoms with Gasteiger partial charge in [-0.2, -0.15) is 0 Å². The third kappa shape index (κ3) is 4.01. The van der Waals surface area contributed by atoms with Crippen molar-refractivity contribution in [1.82, 2.24) is 0 Å². The molecule has 0 aromatic heterocycles. The van der Waals surface area contributed by atoms with Crippen molar-refractivity contribution in [2.75, 3.05) is 34.5 Å². The van der Waals surface area contributed by atoms with Crippen molar-refractivity contribution in [2.24, 2.45) is 11.7 Å². The SMILES string of the molecule is CCOC(=O)C(CN)Cc1ccc(OC)c(OC)c1OC. The van der Waals surface area contributed by atoms with Gasteiger partial charge >= 0.3 is 5.97 Å². The van der Waals surface area contributed by atoms with E-state index in [1.807, 2.05) is 6.07 Å². The van der Waals surface area contributed by atoms with E-state index >= 15 is 0 Å². The van der Waals surface area contributed by atoms with Crippen LogP contribution in [0.1, 0.15) is 12.5 Å². The fourth-order valence-electron chi connectivity index (χ4n) is 2.11. The molecule has 0 bridgehead atoms. The van der Waals surface area contributed by atoms with E-state index in [0.717, 1.165) is 5.56 Å². The van der Waals surface area contributed by atoms with E-state index in [1.54, 1.807) is 27.2 Å². The van der Waals surface area contributed by atoms with Crippen molar-refractivity contribution < 1.29 is 23.7 Å². The zero-order chi connectivity index (χ0) is 15.8. The second-order valence-corrected chi connectivity index (χ2v) is 4.38. The number of ether oxygens (including phenoxy) is 4. The normalized spacial score (nSPS) is 11.7. The van der Waals surface area contributed by atoms with Crippen LogP contribution in [0.4, 0.5) is 0 Å². The minimum Gasteiger partial charge on any atom is -0.493 e. The van der Waals surface area contributed by atoms with Gasteiger partial charge in [-0.05, 0) is 25.0 Å². The van der Waals surface area contributed by atoms with E-state index in [0.29, 0.717) is 30.3 Å². The van der Waals surface area contributed by atoms with Crippen LogP contribution in [0.2, 0.25) is 0 Å². The number of nitrogens with two attached hydrogens (primary N) is 1. The Hall–Kier alpha value is -1.95. The van der Waals surface area contributed by atoms with Gasteiger partial charge in [-0.1, -0.05) is 6.07 Å². The first-order chi connectivity index (χ1) is 10.1. The second-order valence-electron chi connectivity index (χ2n) is 4.38. The van der Waals surface area contributed by atoms with Gasteiger partial charge in [-0.25, -0.2) is 0 Å². The average molecular weight is 297 g/mol. The van der Waals surface area contributed by atoms with Crippen LogP contribution in [0.25, 0.3) is 0 Å². The van der Waals surface area contributed by atoms with E-state index in [1.165, 1.54) is 7.11 Å². The number of esters is 1. The zero-order valence-electron chi connectivity index (χ0n) is 13.0. The Bertz CT molecular complexity index is 475. The number of carbonyl (C=O) groups is 1. The lowest BCUT2D eigenvalue weighted by atomic mass is 9.98. The fraction of sp³-hybridized carbons (Fsp3) is 0.533. The van der Waals surface area contributed by atoms with Gasteiger partial charge in [0.1, 0.15) is 0 Å². The van der Waals surface area contributed by atoms with Crippen molar-refractivity contribution in [3.05, 3.63) is 17.7 Å². The highest BCUT2D eigenvalue weighted by molar-refractivity contribution is 5.73. The van der Waals surface area contributed by atoms with Gasteiger partial charge < -0.3 is 24.7 Å². The lowest BCUT2D eigenvalue weighted by molar-refractivity contribution is -0.147. The minimum absolute atomic E-state index is 0.205. The maximum absolute atomic E-state index is 11.9. The van der Waals surface area contributed by atoms with E-state index in [4.69, 9.17) is 24.7 Å². The Balaban J connectivity index is 3.09. The summed E-state index contributed by atoms with van der Waals surface area (Å²) in [6.45, 7) is 2.30. The molecule has 1 rings (SSSR count). The standard InChI is InChI=1S/C15H23NO5/c1-5-21-15(17)11(9-16)8-10-6-7-12(18-2)14(20-4)13(10)19-3/h6-7,11H,5,8-9,16H2,1-4H3. The Morgan fingerprint density at radius 3 is 2.29 bits per heavy atom. The molecule has 118 valence electrons. The number of carbonyl (C=O) groups excluding carboxylic acids is 1. The average Bonchev–Trinajstić information content (AvgIpc) is 2.51. The van der Waals surface area contributed by atoms with Crippen LogP contribution in [0.5, 0.6) is 17.2 Å². The molecule has 0 spiro atoms. The van der Waals surface area contributed by atoms with Crippen molar-refractivity contribution in [1.29, 1.82) is 0 Å². The number of rotatable bonds is 8. The largest absolute Gasteiger partial charge is 0.493 e. The summed E-state index contributed by atoms with van der Waals surface area (Å²) in [4.78, 5) is 11.9. The lowest BCUT2D eigenvalue weighted by Gasteiger charge is -2.18. The predicted octanol–water partition coefficient (Wildman–Crippen LogP) is 1.39. The van der Waals surface area contributed by atoms with Gasteiger partial charge in [0, 0.05) is 6.54 Å². The summed E-state index contributed by atoms with van der Waals surface area (Å²) in [6.07, 6.45) is 0.416. The fourth-order valence-corrected chi connectivity index (χ4v) is 2.11. The molecule has 0 saturated carbocycles. The molecule has 0 amide bonds. The van der Waals surface area contributed by atoms with E-state index in [-0.39, 0.29) is 12.5 Å². The van der Waals surface area contributed by atoms with Crippen LogP contribution in [-0.2, 0) is 16.0 Å². The number of hydrogen-bond donors (Lipinski definition) is 1. The first kappa shape index (κ1) is 17.1. The highest BCUT2D eigenvalue weighted by Crippen LogP contribution is 2.40. The van der Waals surface area contributed by atoms with E-state index in [2.05, 4.69) is 0 Å². The molecule has 0 aliphatic carbocycles. The Morgan fingerprint density at radius 2 is 1.81 bits per heavy atom. The Kier molecular flexibility index (Phi) is 6.81. The summed E-state index contributed by atoms with van der Waals surface area (Å²) < 4.78 is 21.0. The molecule has 21 heavy (non-hydrogen) atoms. The highest BCUT2D eigenvalue weighted by atomic mass is 16.5. The van der Waals surface area contributed by atoms with Gasteiger partial charge in [-0.15, -0.1) is 0 Å². The maximum atomic E-state index is 11.9. The number of benzene rings is 1. The predicted molar refractivity (Wildman–Crippen MR) is 79.0 cm³/mol. The first-order valence-electron chi connectivity index (χ1n) is 6.77. The first-order valence-corrected chi connectivity index (χ1v) is 6.77. The molecule has 2 N–H and O–H groups in total. The molecule has 0 radical (unpaired) electrons. The van der Waals surface area contributed by atoms with Crippen LogP contribution < -0.4 is 19.9 Å². The zero-order valence-corrected chi connectivity index (χ0v) is 13.0. The van der Waals surface area contributed by atoms with Gasteiger partial charge in [0.2, 0.25) is 5.75 Å².